The minimum Gasteiger partial charge on any atom is -0.508 e. The molecule has 0 aromatic heterocycles. The summed E-state index contributed by atoms with van der Waals surface area (Å²) in [7, 11) is 0. The van der Waals surface area contributed by atoms with Crippen molar-refractivity contribution in [2.24, 2.45) is 0 Å². The summed E-state index contributed by atoms with van der Waals surface area (Å²) in [6, 6.07) is 9.43. The van der Waals surface area contributed by atoms with Crippen molar-refractivity contribution in [3.63, 3.8) is 0 Å². The van der Waals surface area contributed by atoms with Crippen LogP contribution in [0.4, 0.5) is 10.5 Å². The van der Waals surface area contributed by atoms with Gasteiger partial charge >= 0.3 is 6.09 Å². The Bertz CT molecular complexity index is 1120. The van der Waals surface area contributed by atoms with Gasteiger partial charge in [-0.3, -0.25) is 9.59 Å². The van der Waals surface area contributed by atoms with Gasteiger partial charge in [0.25, 0.3) is 5.91 Å². The highest BCUT2D eigenvalue weighted by Crippen LogP contribution is 2.32. The molecule has 9 heteroatoms. The van der Waals surface area contributed by atoms with E-state index in [1.807, 2.05) is 32.0 Å². The predicted molar refractivity (Wildman–Crippen MR) is 156 cm³/mol. The molecule has 40 heavy (non-hydrogen) atoms. The molecule has 0 saturated carbocycles. The standard InChI is InChI=1S/C31H45N3O6/c1-7-8-9-10-13-19-34(29(38)24(20-35)32-30(39)40-31(4,5)6)27(23-17-11-12-18-25(23)36)28(37)33-26-21(2)15-14-16-22(26)3/h11-12,14-18,24,27,35-36H,7-10,13,19-20H2,1-6H3,(H,32,39)(H,33,37). The van der Waals surface area contributed by atoms with Crippen molar-refractivity contribution in [2.45, 2.75) is 91.3 Å². The summed E-state index contributed by atoms with van der Waals surface area (Å²) in [5.74, 6) is -1.32. The highest BCUT2D eigenvalue weighted by Gasteiger charge is 2.37. The Labute approximate surface area is 237 Å². The molecular formula is C31H45N3O6. The van der Waals surface area contributed by atoms with Crippen molar-refractivity contribution >= 4 is 23.6 Å². The second kappa shape index (κ2) is 15.3. The number of carbonyl (C=O) groups is 3. The number of aryl methyl sites for hydroxylation is 2. The van der Waals surface area contributed by atoms with E-state index in [4.69, 9.17) is 4.74 Å². The quantitative estimate of drug-likeness (QED) is 0.246. The Morgan fingerprint density at radius 2 is 1.57 bits per heavy atom. The maximum atomic E-state index is 14.0. The fourth-order valence-electron chi connectivity index (χ4n) is 4.46. The molecule has 0 radical (unpaired) electrons. The summed E-state index contributed by atoms with van der Waals surface area (Å²) >= 11 is 0. The number of ether oxygens (including phenoxy) is 1. The van der Waals surface area contributed by atoms with Crippen molar-refractivity contribution in [1.29, 1.82) is 0 Å². The number of aliphatic hydroxyl groups excluding tert-OH is 1. The Balaban J connectivity index is 2.52. The number of benzene rings is 2. The molecule has 3 amide bonds. The van der Waals surface area contributed by atoms with Gasteiger partial charge in [-0.1, -0.05) is 69.0 Å². The number of phenols is 1. The van der Waals surface area contributed by atoms with Gasteiger partial charge in [0.15, 0.2) is 0 Å². The average Bonchev–Trinajstić information content (AvgIpc) is 2.88. The number of amides is 3. The number of nitrogens with zero attached hydrogens (tertiary/aromatic N) is 1. The number of para-hydroxylation sites is 2. The van der Waals surface area contributed by atoms with Crippen LogP contribution in [0.15, 0.2) is 42.5 Å². The van der Waals surface area contributed by atoms with Crippen LogP contribution in [-0.2, 0) is 14.3 Å². The van der Waals surface area contributed by atoms with E-state index in [0.717, 1.165) is 36.8 Å². The number of alkyl carbamates (subject to hydrolysis) is 1. The maximum Gasteiger partial charge on any atom is 0.408 e. The lowest BCUT2D eigenvalue weighted by Crippen LogP contribution is -2.54. The Morgan fingerprint density at radius 1 is 0.950 bits per heavy atom. The van der Waals surface area contributed by atoms with Crippen LogP contribution in [-0.4, -0.2) is 57.8 Å². The van der Waals surface area contributed by atoms with E-state index in [1.165, 1.54) is 11.0 Å². The Hall–Kier alpha value is -3.59. The van der Waals surface area contributed by atoms with Gasteiger partial charge in [0, 0.05) is 17.8 Å². The largest absolute Gasteiger partial charge is 0.508 e. The first-order valence-electron chi connectivity index (χ1n) is 13.9. The van der Waals surface area contributed by atoms with Crippen molar-refractivity contribution < 1.29 is 29.3 Å². The molecule has 2 aromatic carbocycles. The molecular weight excluding hydrogens is 510 g/mol. The number of phenolic OH excluding ortho intramolecular Hbond substituents is 1. The summed E-state index contributed by atoms with van der Waals surface area (Å²) in [5, 5.41) is 26.3. The van der Waals surface area contributed by atoms with E-state index in [-0.39, 0.29) is 17.9 Å². The molecule has 220 valence electrons. The van der Waals surface area contributed by atoms with E-state index in [1.54, 1.807) is 39.0 Å². The first kappa shape index (κ1) is 32.6. The smallest absolute Gasteiger partial charge is 0.408 e. The van der Waals surface area contributed by atoms with Gasteiger partial charge in [0.05, 0.1) is 6.61 Å². The maximum absolute atomic E-state index is 14.0. The van der Waals surface area contributed by atoms with Crippen molar-refractivity contribution in [1.82, 2.24) is 10.2 Å². The lowest BCUT2D eigenvalue weighted by Gasteiger charge is -2.34. The molecule has 0 saturated heterocycles. The molecule has 2 atom stereocenters. The third-order valence-corrected chi connectivity index (χ3v) is 6.48. The number of anilines is 1. The summed E-state index contributed by atoms with van der Waals surface area (Å²) in [6.07, 6.45) is 3.62. The van der Waals surface area contributed by atoms with E-state index >= 15 is 0 Å². The summed E-state index contributed by atoms with van der Waals surface area (Å²) in [4.78, 5) is 41.8. The number of rotatable bonds is 13. The molecule has 9 nitrogen and oxygen atoms in total. The second-order valence-electron chi connectivity index (χ2n) is 11.0. The Kier molecular flexibility index (Phi) is 12.4. The first-order valence-corrected chi connectivity index (χ1v) is 13.9. The van der Waals surface area contributed by atoms with Gasteiger partial charge in [0.1, 0.15) is 23.4 Å². The fraction of sp³-hybridized carbons (Fsp3) is 0.516. The SMILES string of the molecule is CCCCCCCN(C(=O)C(CO)NC(=O)OC(C)(C)C)C(C(=O)Nc1c(C)cccc1C)c1ccccc1O. The zero-order valence-corrected chi connectivity index (χ0v) is 24.6. The monoisotopic (exact) mass is 555 g/mol. The minimum absolute atomic E-state index is 0.145. The molecule has 2 aromatic rings. The topological polar surface area (TPSA) is 128 Å². The molecule has 0 aliphatic carbocycles. The van der Waals surface area contributed by atoms with E-state index in [2.05, 4.69) is 17.6 Å². The van der Waals surface area contributed by atoms with Gasteiger partial charge < -0.3 is 30.5 Å². The van der Waals surface area contributed by atoms with Crippen molar-refractivity contribution in [2.75, 3.05) is 18.5 Å². The van der Waals surface area contributed by atoms with Crippen molar-refractivity contribution in [3.8, 4) is 5.75 Å². The molecule has 0 bridgehead atoms. The minimum atomic E-state index is -1.35. The number of hydrogen-bond acceptors (Lipinski definition) is 6. The second-order valence-corrected chi connectivity index (χ2v) is 11.0. The summed E-state index contributed by atoms with van der Waals surface area (Å²) < 4.78 is 5.29. The molecule has 0 aliphatic rings. The summed E-state index contributed by atoms with van der Waals surface area (Å²) in [5.41, 5.74) is 1.75. The van der Waals surface area contributed by atoms with Gasteiger partial charge in [-0.05, 0) is 58.2 Å². The molecule has 4 N–H and O–H groups in total. The van der Waals surface area contributed by atoms with Crippen molar-refractivity contribution in [3.05, 3.63) is 59.2 Å². The van der Waals surface area contributed by atoms with Gasteiger partial charge in [-0.15, -0.1) is 0 Å². The molecule has 0 fully saturated rings. The third kappa shape index (κ3) is 9.55. The number of carbonyl (C=O) groups excluding carboxylic acids is 3. The van der Waals surface area contributed by atoms with Crippen LogP contribution < -0.4 is 10.6 Å². The van der Waals surface area contributed by atoms with E-state index in [9.17, 15) is 24.6 Å². The lowest BCUT2D eigenvalue weighted by atomic mass is 10.00. The first-order chi connectivity index (χ1) is 18.9. The highest BCUT2D eigenvalue weighted by atomic mass is 16.6. The molecule has 2 rings (SSSR count). The van der Waals surface area contributed by atoms with Crippen LogP contribution in [0.3, 0.4) is 0 Å². The average molecular weight is 556 g/mol. The predicted octanol–water partition coefficient (Wildman–Crippen LogP) is 5.37. The van der Waals surface area contributed by atoms with Gasteiger partial charge in [-0.2, -0.15) is 0 Å². The molecule has 2 unspecified atom stereocenters. The van der Waals surface area contributed by atoms with Crippen LogP contribution in [0.25, 0.3) is 0 Å². The van der Waals surface area contributed by atoms with Gasteiger partial charge in [-0.25, -0.2) is 4.79 Å². The van der Waals surface area contributed by atoms with Crippen LogP contribution in [0.5, 0.6) is 5.75 Å². The molecule has 0 spiro atoms. The number of unbranched alkanes of at least 4 members (excludes halogenated alkanes) is 4. The van der Waals surface area contributed by atoms with Crippen LogP contribution in [0.2, 0.25) is 0 Å². The molecule has 0 heterocycles. The number of aromatic hydroxyl groups is 1. The van der Waals surface area contributed by atoms with Gasteiger partial charge in [0.2, 0.25) is 5.91 Å². The van der Waals surface area contributed by atoms with Crippen LogP contribution in [0.1, 0.15) is 82.5 Å². The lowest BCUT2D eigenvalue weighted by molar-refractivity contribution is -0.141. The highest BCUT2D eigenvalue weighted by molar-refractivity contribution is 6.00. The van der Waals surface area contributed by atoms with E-state index in [0.29, 0.717) is 12.1 Å². The molecule has 0 aliphatic heterocycles. The fourth-order valence-corrected chi connectivity index (χ4v) is 4.46. The third-order valence-electron chi connectivity index (χ3n) is 6.48. The number of hydrogen-bond donors (Lipinski definition) is 4. The zero-order valence-electron chi connectivity index (χ0n) is 24.6. The number of nitrogens with one attached hydrogen (secondary N) is 2. The zero-order chi connectivity index (χ0) is 29.9. The van der Waals surface area contributed by atoms with E-state index < -0.39 is 42.2 Å². The summed E-state index contributed by atoms with van der Waals surface area (Å²) in [6.45, 7) is 10.4. The Morgan fingerprint density at radius 3 is 2.15 bits per heavy atom. The normalized spacial score (nSPS) is 12.8. The van der Waals surface area contributed by atoms with Crippen LogP contribution >= 0.6 is 0 Å². The number of aliphatic hydroxyl groups is 1. The van der Waals surface area contributed by atoms with Crippen LogP contribution in [0, 0.1) is 13.8 Å².